The molecule has 0 aromatic heterocycles. The van der Waals surface area contributed by atoms with Crippen LogP contribution in [0.25, 0.3) is 0 Å². The van der Waals surface area contributed by atoms with Crippen LogP contribution in [-0.2, 0) is 4.79 Å². The molecule has 1 saturated heterocycles. The third-order valence-corrected chi connectivity index (χ3v) is 3.53. The summed E-state index contributed by atoms with van der Waals surface area (Å²) in [6.45, 7) is 6.95. The van der Waals surface area contributed by atoms with Gasteiger partial charge in [-0.1, -0.05) is 36.7 Å². The smallest absolute Gasteiger partial charge is 0.324 e. The van der Waals surface area contributed by atoms with Crippen LogP contribution in [0, 0.1) is 11.3 Å². The van der Waals surface area contributed by atoms with Crippen LogP contribution in [-0.4, -0.2) is 35.3 Å². The Labute approximate surface area is 98.5 Å². The van der Waals surface area contributed by atoms with Crippen molar-refractivity contribution in [2.24, 2.45) is 11.3 Å². The molecule has 3 amide bonds. The predicted molar refractivity (Wildman–Crippen MR) is 61.9 cm³/mol. The number of nitrogens with one attached hydrogen (secondary N) is 1. The van der Waals surface area contributed by atoms with Crippen molar-refractivity contribution in [3.63, 3.8) is 0 Å². The molecule has 0 aliphatic carbocycles. The minimum absolute atomic E-state index is 0.0760. The Bertz CT molecular complexity index is 257. The van der Waals surface area contributed by atoms with Gasteiger partial charge in [-0.2, -0.15) is 0 Å². The summed E-state index contributed by atoms with van der Waals surface area (Å²) in [5, 5.41) is 3.31. The maximum atomic E-state index is 11.4. The molecule has 1 atom stereocenters. The molecule has 1 rings (SSSR count). The molecule has 1 fully saturated rings. The number of hydrogen-bond donors (Lipinski definition) is 1. The number of amides is 3. The van der Waals surface area contributed by atoms with Gasteiger partial charge >= 0.3 is 6.03 Å². The van der Waals surface area contributed by atoms with Crippen molar-refractivity contribution in [2.75, 3.05) is 18.4 Å². The second kappa shape index (κ2) is 4.51. The van der Waals surface area contributed by atoms with Gasteiger partial charge in [0.15, 0.2) is 0 Å². The maximum Gasteiger partial charge on any atom is 0.324 e. The first-order valence-electron chi connectivity index (χ1n) is 5.00. The van der Waals surface area contributed by atoms with Crippen molar-refractivity contribution >= 4 is 27.9 Å². The van der Waals surface area contributed by atoms with Gasteiger partial charge in [0, 0.05) is 11.9 Å². The molecule has 0 radical (unpaired) electrons. The molecular formula is C10H17BrN2O2. The minimum Gasteiger partial charge on any atom is -0.329 e. The number of carbonyl (C=O) groups is 2. The molecule has 1 aliphatic heterocycles. The van der Waals surface area contributed by atoms with Gasteiger partial charge in [-0.15, -0.1) is 0 Å². The fourth-order valence-electron chi connectivity index (χ4n) is 1.41. The Morgan fingerprint density at radius 1 is 1.47 bits per heavy atom. The first kappa shape index (κ1) is 12.5. The highest BCUT2D eigenvalue weighted by Crippen LogP contribution is 2.28. The van der Waals surface area contributed by atoms with Crippen molar-refractivity contribution in [2.45, 2.75) is 20.8 Å². The van der Waals surface area contributed by atoms with Gasteiger partial charge in [0.1, 0.15) is 0 Å². The van der Waals surface area contributed by atoms with Crippen LogP contribution < -0.4 is 5.32 Å². The number of carbonyl (C=O) groups excluding carboxylic acids is 2. The van der Waals surface area contributed by atoms with Crippen LogP contribution in [0.1, 0.15) is 20.8 Å². The van der Waals surface area contributed by atoms with Crippen LogP contribution in [0.5, 0.6) is 0 Å². The lowest BCUT2D eigenvalue weighted by Gasteiger charge is -2.31. The average Bonchev–Trinajstić information content (AvgIpc) is 2.41. The Kier molecular flexibility index (Phi) is 3.76. The molecule has 5 heteroatoms. The van der Waals surface area contributed by atoms with E-state index in [1.165, 1.54) is 4.90 Å². The van der Waals surface area contributed by atoms with Crippen LogP contribution >= 0.6 is 15.9 Å². The Morgan fingerprint density at radius 2 is 2.07 bits per heavy atom. The average molecular weight is 277 g/mol. The third-order valence-electron chi connectivity index (χ3n) is 2.75. The highest BCUT2D eigenvalue weighted by molar-refractivity contribution is 9.09. The first-order chi connectivity index (χ1) is 6.86. The highest BCUT2D eigenvalue weighted by atomic mass is 79.9. The van der Waals surface area contributed by atoms with E-state index in [-0.39, 0.29) is 29.8 Å². The molecule has 15 heavy (non-hydrogen) atoms. The van der Waals surface area contributed by atoms with E-state index in [0.29, 0.717) is 6.54 Å². The van der Waals surface area contributed by atoms with Gasteiger partial charge < -0.3 is 5.32 Å². The molecule has 4 nitrogen and oxygen atoms in total. The van der Waals surface area contributed by atoms with Crippen molar-refractivity contribution in [1.82, 2.24) is 10.2 Å². The van der Waals surface area contributed by atoms with Crippen molar-refractivity contribution in [1.29, 1.82) is 0 Å². The fraction of sp³-hybridized carbons (Fsp3) is 0.800. The lowest BCUT2D eigenvalue weighted by atomic mass is 9.82. The monoisotopic (exact) mass is 276 g/mol. The van der Waals surface area contributed by atoms with E-state index in [0.717, 1.165) is 5.33 Å². The van der Waals surface area contributed by atoms with E-state index in [2.05, 4.69) is 42.0 Å². The largest absolute Gasteiger partial charge is 0.329 e. The third kappa shape index (κ3) is 2.93. The topological polar surface area (TPSA) is 49.4 Å². The second-order valence-electron chi connectivity index (χ2n) is 4.88. The predicted octanol–water partition coefficient (Wildman–Crippen LogP) is 1.60. The Balaban J connectivity index is 2.67. The number of imide groups is 1. The molecule has 1 unspecified atom stereocenters. The number of urea groups is 1. The van der Waals surface area contributed by atoms with E-state index in [9.17, 15) is 9.59 Å². The minimum atomic E-state index is -0.268. The van der Waals surface area contributed by atoms with Gasteiger partial charge in [-0.05, 0) is 11.3 Å². The number of halogens is 1. The quantitative estimate of drug-likeness (QED) is 0.629. The molecule has 0 aromatic rings. The fourth-order valence-corrected chi connectivity index (χ4v) is 2.59. The van der Waals surface area contributed by atoms with Crippen molar-refractivity contribution < 1.29 is 9.59 Å². The van der Waals surface area contributed by atoms with Gasteiger partial charge in [0.05, 0.1) is 6.54 Å². The molecule has 0 spiro atoms. The zero-order valence-corrected chi connectivity index (χ0v) is 10.9. The number of alkyl halides is 1. The van der Waals surface area contributed by atoms with E-state index in [1.54, 1.807) is 0 Å². The molecule has 1 heterocycles. The molecule has 0 bridgehead atoms. The van der Waals surface area contributed by atoms with Crippen molar-refractivity contribution in [3.8, 4) is 0 Å². The molecule has 1 aliphatic rings. The Morgan fingerprint density at radius 3 is 2.40 bits per heavy atom. The summed E-state index contributed by atoms with van der Waals surface area (Å²) in [7, 11) is 0. The second-order valence-corrected chi connectivity index (χ2v) is 5.53. The van der Waals surface area contributed by atoms with Gasteiger partial charge in [0.25, 0.3) is 0 Å². The zero-order valence-electron chi connectivity index (χ0n) is 9.34. The highest BCUT2D eigenvalue weighted by Gasteiger charge is 2.34. The lowest BCUT2D eigenvalue weighted by Crippen LogP contribution is -2.40. The summed E-state index contributed by atoms with van der Waals surface area (Å²) in [6.07, 6.45) is 0. The van der Waals surface area contributed by atoms with Gasteiger partial charge in [0.2, 0.25) is 5.91 Å². The molecule has 86 valence electrons. The first-order valence-corrected chi connectivity index (χ1v) is 6.12. The summed E-state index contributed by atoms with van der Waals surface area (Å²) in [5.41, 5.74) is 0.0760. The number of rotatable bonds is 3. The summed E-state index contributed by atoms with van der Waals surface area (Å²) in [4.78, 5) is 24.0. The van der Waals surface area contributed by atoms with E-state index >= 15 is 0 Å². The molecular weight excluding hydrogens is 260 g/mol. The molecule has 0 aromatic carbocycles. The SMILES string of the molecule is CC(C)(C)C(CBr)CN1C(=O)CNC1=O. The lowest BCUT2D eigenvalue weighted by molar-refractivity contribution is -0.125. The number of hydrogen-bond acceptors (Lipinski definition) is 2. The van der Waals surface area contributed by atoms with Crippen LogP contribution in [0.2, 0.25) is 0 Å². The van der Waals surface area contributed by atoms with E-state index in [1.807, 2.05) is 0 Å². The zero-order chi connectivity index (χ0) is 11.6. The van der Waals surface area contributed by atoms with E-state index in [4.69, 9.17) is 0 Å². The van der Waals surface area contributed by atoms with Crippen LogP contribution in [0.15, 0.2) is 0 Å². The summed E-state index contributed by atoms with van der Waals surface area (Å²) in [5.74, 6) is 0.139. The normalized spacial score (nSPS) is 19.3. The maximum absolute atomic E-state index is 11.4. The van der Waals surface area contributed by atoms with Crippen LogP contribution in [0.3, 0.4) is 0 Å². The standard InChI is InChI=1S/C10H17BrN2O2/c1-10(2,3)7(4-11)6-13-8(14)5-12-9(13)15/h7H,4-6H2,1-3H3,(H,12,15). The Hall–Kier alpha value is -0.580. The van der Waals surface area contributed by atoms with Crippen LogP contribution in [0.4, 0.5) is 4.79 Å². The summed E-state index contributed by atoms with van der Waals surface area (Å²) in [6, 6.07) is -0.268. The number of nitrogens with zero attached hydrogens (tertiary/aromatic N) is 1. The molecule has 1 N–H and O–H groups in total. The van der Waals surface area contributed by atoms with Gasteiger partial charge in [-0.3, -0.25) is 9.69 Å². The van der Waals surface area contributed by atoms with Gasteiger partial charge in [-0.25, -0.2) is 4.79 Å². The summed E-state index contributed by atoms with van der Waals surface area (Å²) < 4.78 is 0. The molecule has 0 saturated carbocycles. The summed E-state index contributed by atoms with van der Waals surface area (Å²) >= 11 is 3.43. The van der Waals surface area contributed by atoms with Crippen molar-refractivity contribution in [3.05, 3.63) is 0 Å². The van der Waals surface area contributed by atoms with E-state index < -0.39 is 0 Å².